The Bertz CT molecular complexity index is 719. The predicted octanol–water partition coefficient (Wildman–Crippen LogP) is 3.82. The summed E-state index contributed by atoms with van der Waals surface area (Å²) in [5, 5.41) is 0.900. The van der Waals surface area contributed by atoms with Crippen molar-refractivity contribution < 1.29 is 9.21 Å². The number of benzene rings is 1. The van der Waals surface area contributed by atoms with Crippen molar-refractivity contribution in [3.63, 3.8) is 0 Å². The normalized spacial score (nSPS) is 10.7. The fourth-order valence-corrected chi connectivity index (χ4v) is 2.24. The number of hydrogen-bond acceptors (Lipinski definition) is 3. The Morgan fingerprint density at radius 2 is 2.11 bits per heavy atom. The molecule has 0 saturated heterocycles. The number of nitrogens with zero attached hydrogens (tertiary/aromatic N) is 1. The van der Waals surface area contributed by atoms with Gasteiger partial charge in [0, 0.05) is 23.3 Å². The summed E-state index contributed by atoms with van der Waals surface area (Å²) in [5.74, 6) is 0.163. The Balaban J connectivity index is 2.10. The standard InChI is InChI=1S/C14H8BrNO2/c15-11-5-1-3-9-7-12(18-14(9)11)13(17)10-4-2-6-16-8-10/h1-8H. The molecule has 0 aliphatic carbocycles. The van der Waals surface area contributed by atoms with Crippen LogP contribution in [-0.4, -0.2) is 10.8 Å². The highest BCUT2D eigenvalue weighted by Gasteiger charge is 2.15. The van der Waals surface area contributed by atoms with E-state index >= 15 is 0 Å². The van der Waals surface area contributed by atoms with Crippen LogP contribution in [0.2, 0.25) is 0 Å². The average Bonchev–Trinajstić information content (AvgIpc) is 2.84. The van der Waals surface area contributed by atoms with Gasteiger partial charge in [0.2, 0.25) is 5.78 Å². The van der Waals surface area contributed by atoms with E-state index in [-0.39, 0.29) is 5.78 Å². The van der Waals surface area contributed by atoms with Crippen molar-refractivity contribution >= 4 is 32.7 Å². The summed E-state index contributed by atoms with van der Waals surface area (Å²) in [6.07, 6.45) is 3.16. The van der Waals surface area contributed by atoms with Gasteiger partial charge in [0.15, 0.2) is 5.76 Å². The van der Waals surface area contributed by atoms with Crippen molar-refractivity contribution in [2.75, 3.05) is 0 Å². The number of rotatable bonds is 2. The van der Waals surface area contributed by atoms with Crippen LogP contribution in [0.4, 0.5) is 0 Å². The Hall–Kier alpha value is -1.94. The molecule has 0 saturated carbocycles. The summed E-state index contributed by atoms with van der Waals surface area (Å²) >= 11 is 3.40. The number of furan rings is 1. The van der Waals surface area contributed by atoms with E-state index in [9.17, 15) is 4.79 Å². The molecule has 88 valence electrons. The van der Waals surface area contributed by atoms with Gasteiger partial charge in [-0.2, -0.15) is 0 Å². The maximum atomic E-state index is 12.2. The predicted molar refractivity (Wildman–Crippen MR) is 71.6 cm³/mol. The molecule has 0 spiro atoms. The van der Waals surface area contributed by atoms with Crippen LogP contribution in [0.1, 0.15) is 16.1 Å². The van der Waals surface area contributed by atoms with Crippen molar-refractivity contribution in [3.8, 4) is 0 Å². The summed E-state index contributed by atoms with van der Waals surface area (Å²) in [6, 6.07) is 10.9. The van der Waals surface area contributed by atoms with E-state index in [1.807, 2.05) is 18.2 Å². The Labute approximate surface area is 112 Å². The molecule has 0 aliphatic rings. The highest BCUT2D eigenvalue weighted by Crippen LogP contribution is 2.27. The molecule has 0 bridgehead atoms. The first-order valence-corrected chi connectivity index (χ1v) is 6.18. The number of aromatic nitrogens is 1. The Morgan fingerprint density at radius 3 is 2.83 bits per heavy atom. The lowest BCUT2D eigenvalue weighted by Gasteiger charge is -1.95. The zero-order chi connectivity index (χ0) is 12.5. The van der Waals surface area contributed by atoms with Crippen LogP contribution in [0.5, 0.6) is 0 Å². The number of carbonyl (C=O) groups excluding carboxylic acids is 1. The lowest BCUT2D eigenvalue weighted by molar-refractivity contribution is 0.101. The second-order valence-corrected chi connectivity index (χ2v) is 4.69. The van der Waals surface area contributed by atoms with Crippen LogP contribution in [0.3, 0.4) is 0 Å². The highest BCUT2D eigenvalue weighted by atomic mass is 79.9. The second kappa shape index (κ2) is 4.38. The van der Waals surface area contributed by atoms with Gasteiger partial charge in [-0.1, -0.05) is 12.1 Å². The minimum atomic E-state index is -0.161. The van der Waals surface area contributed by atoms with E-state index in [2.05, 4.69) is 20.9 Å². The molecule has 0 amide bonds. The van der Waals surface area contributed by atoms with Gasteiger partial charge in [-0.05, 0) is 40.2 Å². The maximum Gasteiger partial charge on any atom is 0.229 e. The summed E-state index contributed by atoms with van der Waals surface area (Å²) in [4.78, 5) is 16.1. The SMILES string of the molecule is O=C(c1cccnc1)c1cc2cccc(Br)c2o1. The van der Waals surface area contributed by atoms with Gasteiger partial charge in [0.25, 0.3) is 0 Å². The molecule has 0 radical (unpaired) electrons. The van der Waals surface area contributed by atoms with Crippen molar-refractivity contribution in [3.05, 3.63) is 64.6 Å². The van der Waals surface area contributed by atoms with Crippen LogP contribution in [0.15, 0.2) is 57.7 Å². The molecule has 2 heterocycles. The molecule has 18 heavy (non-hydrogen) atoms. The topological polar surface area (TPSA) is 43.1 Å². The number of fused-ring (bicyclic) bond motifs is 1. The molecule has 0 aliphatic heterocycles. The monoisotopic (exact) mass is 301 g/mol. The zero-order valence-corrected chi connectivity index (χ0v) is 10.8. The van der Waals surface area contributed by atoms with Crippen molar-refractivity contribution in [2.24, 2.45) is 0 Å². The average molecular weight is 302 g/mol. The maximum absolute atomic E-state index is 12.2. The summed E-state index contributed by atoms with van der Waals surface area (Å²) in [5.41, 5.74) is 1.21. The van der Waals surface area contributed by atoms with E-state index in [4.69, 9.17) is 4.42 Å². The van der Waals surface area contributed by atoms with E-state index in [0.29, 0.717) is 16.9 Å². The molecule has 0 atom stereocenters. The molecule has 1 aromatic carbocycles. The zero-order valence-electron chi connectivity index (χ0n) is 9.26. The second-order valence-electron chi connectivity index (χ2n) is 3.84. The lowest BCUT2D eigenvalue weighted by Crippen LogP contribution is -1.99. The largest absolute Gasteiger partial charge is 0.451 e. The fourth-order valence-electron chi connectivity index (χ4n) is 1.78. The van der Waals surface area contributed by atoms with E-state index in [1.54, 1.807) is 24.4 Å². The van der Waals surface area contributed by atoms with Gasteiger partial charge < -0.3 is 4.42 Å². The molecule has 3 nitrogen and oxygen atoms in total. The fraction of sp³-hybridized carbons (Fsp3) is 0. The minimum Gasteiger partial charge on any atom is -0.451 e. The molecule has 2 aromatic heterocycles. The Kier molecular flexibility index (Phi) is 2.72. The first-order chi connectivity index (χ1) is 8.75. The number of hydrogen-bond donors (Lipinski definition) is 0. The van der Waals surface area contributed by atoms with Crippen LogP contribution >= 0.6 is 15.9 Å². The molecule has 0 fully saturated rings. The third-order valence-electron chi connectivity index (χ3n) is 2.64. The summed E-state index contributed by atoms with van der Waals surface area (Å²) in [7, 11) is 0. The third-order valence-corrected chi connectivity index (χ3v) is 3.27. The molecule has 0 unspecified atom stereocenters. The smallest absolute Gasteiger partial charge is 0.229 e. The van der Waals surface area contributed by atoms with Crippen LogP contribution in [0, 0.1) is 0 Å². The van der Waals surface area contributed by atoms with Gasteiger partial charge in [-0.25, -0.2) is 0 Å². The number of carbonyl (C=O) groups is 1. The molecular formula is C14H8BrNO2. The van der Waals surface area contributed by atoms with Gasteiger partial charge >= 0.3 is 0 Å². The lowest BCUT2D eigenvalue weighted by atomic mass is 10.1. The van der Waals surface area contributed by atoms with Crippen LogP contribution in [-0.2, 0) is 0 Å². The van der Waals surface area contributed by atoms with Crippen molar-refractivity contribution in [2.45, 2.75) is 0 Å². The molecule has 0 N–H and O–H groups in total. The van der Waals surface area contributed by atoms with Crippen LogP contribution in [0.25, 0.3) is 11.0 Å². The van der Waals surface area contributed by atoms with Gasteiger partial charge in [-0.15, -0.1) is 0 Å². The molecular weight excluding hydrogens is 294 g/mol. The first-order valence-electron chi connectivity index (χ1n) is 5.38. The van der Waals surface area contributed by atoms with E-state index in [1.165, 1.54) is 6.20 Å². The van der Waals surface area contributed by atoms with Crippen molar-refractivity contribution in [1.82, 2.24) is 4.98 Å². The molecule has 4 heteroatoms. The highest BCUT2D eigenvalue weighted by molar-refractivity contribution is 9.10. The minimum absolute atomic E-state index is 0.161. The summed E-state index contributed by atoms with van der Waals surface area (Å²) < 4.78 is 6.43. The number of ketones is 1. The van der Waals surface area contributed by atoms with E-state index < -0.39 is 0 Å². The first kappa shape index (κ1) is 11.2. The quantitative estimate of drug-likeness (QED) is 0.676. The van der Waals surface area contributed by atoms with Gasteiger partial charge in [-0.3, -0.25) is 9.78 Å². The van der Waals surface area contributed by atoms with Crippen LogP contribution < -0.4 is 0 Å². The van der Waals surface area contributed by atoms with E-state index in [0.717, 1.165) is 9.86 Å². The molecule has 3 rings (SSSR count). The Morgan fingerprint density at radius 1 is 1.22 bits per heavy atom. The number of para-hydroxylation sites is 1. The molecule has 3 aromatic rings. The number of pyridine rings is 1. The van der Waals surface area contributed by atoms with Crippen molar-refractivity contribution in [1.29, 1.82) is 0 Å². The summed E-state index contributed by atoms with van der Waals surface area (Å²) in [6.45, 7) is 0. The number of halogens is 1. The van der Waals surface area contributed by atoms with Gasteiger partial charge in [0.05, 0.1) is 4.47 Å². The van der Waals surface area contributed by atoms with Gasteiger partial charge in [0.1, 0.15) is 5.58 Å². The third kappa shape index (κ3) is 1.84.